The third-order valence-electron chi connectivity index (χ3n) is 5.66. The second kappa shape index (κ2) is 10.1. The van der Waals surface area contributed by atoms with Crippen molar-refractivity contribution in [1.29, 1.82) is 0 Å². The van der Waals surface area contributed by atoms with Crippen molar-refractivity contribution in [2.45, 2.75) is 9.79 Å². The minimum atomic E-state index is -5.04. The number of nitro benzene ring substituents is 1. The Hall–Kier alpha value is -4.71. The summed E-state index contributed by atoms with van der Waals surface area (Å²) in [4.78, 5) is 34.1. The van der Waals surface area contributed by atoms with Gasteiger partial charge in [-0.1, -0.05) is 18.2 Å². The van der Waals surface area contributed by atoms with Gasteiger partial charge in [-0.15, -0.1) is 0 Å². The Bertz CT molecular complexity index is 1950. The van der Waals surface area contributed by atoms with Gasteiger partial charge in [-0.25, -0.2) is 0 Å². The van der Waals surface area contributed by atoms with Crippen molar-refractivity contribution in [3.63, 3.8) is 0 Å². The van der Waals surface area contributed by atoms with Crippen LogP contribution in [0.2, 0.25) is 0 Å². The number of fused-ring (bicyclic) bond motifs is 1. The number of aryl methyl sites for hydroxylation is 1. The maximum absolute atomic E-state index is 13.6. The third-order valence-corrected chi connectivity index (χ3v) is 7.52. The van der Waals surface area contributed by atoms with E-state index in [2.05, 4.69) is 10.6 Å². The van der Waals surface area contributed by atoms with E-state index in [9.17, 15) is 50.0 Å². The molecule has 1 heterocycles. The molecule has 4 N–H and O–H groups in total. The minimum absolute atomic E-state index is 0.0518. The highest BCUT2D eigenvalue weighted by atomic mass is 32.2. The maximum Gasteiger partial charge on any atom is 0.305 e. The highest BCUT2D eigenvalue weighted by Gasteiger charge is 2.25. The van der Waals surface area contributed by atoms with E-state index in [-0.39, 0.29) is 27.7 Å². The maximum atomic E-state index is 13.6. The minimum Gasteiger partial charge on any atom is -0.344 e. The van der Waals surface area contributed by atoms with Crippen LogP contribution < -0.4 is 10.6 Å². The van der Waals surface area contributed by atoms with Gasteiger partial charge in [-0.2, -0.15) is 21.2 Å². The van der Waals surface area contributed by atoms with Crippen LogP contribution in [0.25, 0.3) is 10.8 Å². The van der Waals surface area contributed by atoms with Crippen molar-refractivity contribution >= 4 is 59.9 Å². The SMILES string of the molecule is Cn1cc(NC(=O)c2ccc(F)c([N+](=O)[O-])c2)cc1C(=O)Nc1ccc2c(S(=O)(=O)O)cccc2c1S(=O)(=O)O. The van der Waals surface area contributed by atoms with Crippen LogP contribution >= 0.6 is 0 Å². The fourth-order valence-electron chi connectivity index (χ4n) is 3.94. The molecule has 0 spiro atoms. The van der Waals surface area contributed by atoms with Crippen molar-refractivity contribution < 1.29 is 44.8 Å². The Labute approximate surface area is 224 Å². The van der Waals surface area contributed by atoms with Crippen LogP contribution in [-0.4, -0.2) is 47.2 Å². The van der Waals surface area contributed by atoms with Crippen LogP contribution in [0.3, 0.4) is 0 Å². The Morgan fingerprint density at radius 1 is 0.925 bits per heavy atom. The monoisotopic (exact) mass is 592 g/mol. The fourth-order valence-corrected chi connectivity index (χ4v) is 5.50. The molecule has 0 unspecified atom stereocenters. The Kier molecular flexibility index (Phi) is 7.16. The van der Waals surface area contributed by atoms with Crippen molar-refractivity contribution in [2.24, 2.45) is 7.05 Å². The molecule has 0 aliphatic rings. The van der Waals surface area contributed by atoms with Gasteiger partial charge in [0.15, 0.2) is 0 Å². The molecule has 0 atom stereocenters. The van der Waals surface area contributed by atoms with Crippen LogP contribution in [0.1, 0.15) is 20.8 Å². The molecule has 0 radical (unpaired) electrons. The molecule has 17 heteroatoms. The van der Waals surface area contributed by atoms with Gasteiger partial charge in [0.05, 0.1) is 16.3 Å². The molecule has 3 aromatic carbocycles. The molecule has 0 saturated heterocycles. The van der Waals surface area contributed by atoms with E-state index in [4.69, 9.17) is 0 Å². The zero-order valence-corrected chi connectivity index (χ0v) is 21.7. The number of halogens is 1. The van der Waals surface area contributed by atoms with E-state index in [0.29, 0.717) is 0 Å². The Balaban J connectivity index is 1.66. The summed E-state index contributed by atoms with van der Waals surface area (Å²) in [6, 6.07) is 9.18. The number of nitrogens with zero attached hydrogens (tertiary/aromatic N) is 2. The molecule has 40 heavy (non-hydrogen) atoms. The van der Waals surface area contributed by atoms with Gasteiger partial charge in [0.25, 0.3) is 32.1 Å². The number of benzene rings is 3. The summed E-state index contributed by atoms with van der Waals surface area (Å²) in [5.41, 5.74) is -1.63. The molecule has 14 nitrogen and oxygen atoms in total. The summed E-state index contributed by atoms with van der Waals surface area (Å²) in [5.74, 6) is -2.89. The topological polar surface area (TPSA) is 215 Å². The van der Waals surface area contributed by atoms with E-state index in [1.54, 1.807) is 0 Å². The van der Waals surface area contributed by atoms with E-state index in [0.717, 1.165) is 42.5 Å². The van der Waals surface area contributed by atoms with Crippen molar-refractivity contribution in [3.8, 4) is 0 Å². The average Bonchev–Trinajstić information content (AvgIpc) is 3.21. The van der Waals surface area contributed by atoms with E-state index in [1.165, 1.54) is 29.9 Å². The summed E-state index contributed by atoms with van der Waals surface area (Å²) in [6.45, 7) is 0. The third kappa shape index (κ3) is 5.52. The molecule has 0 saturated carbocycles. The standard InChI is InChI=1S/C23H17FN4O10S2/c1-27-11-13(25-22(29)12-5-7-16(24)18(9-12)28(31)32)10-19(27)23(30)26-17-8-6-14-15(21(17)40(36,37)38)3-2-4-20(14)39(33,34)35/h2-11H,1H3,(H,25,29)(H,26,30)(H,33,34,35)(H,36,37,38). The Morgan fingerprint density at radius 3 is 2.25 bits per heavy atom. The lowest BCUT2D eigenvalue weighted by atomic mass is 10.1. The predicted molar refractivity (Wildman–Crippen MR) is 138 cm³/mol. The van der Waals surface area contributed by atoms with Crippen LogP contribution in [-0.2, 0) is 27.3 Å². The number of hydrogen-bond acceptors (Lipinski definition) is 8. The number of aromatic nitrogens is 1. The van der Waals surface area contributed by atoms with Gasteiger partial charge in [0.2, 0.25) is 5.82 Å². The summed E-state index contributed by atoms with van der Waals surface area (Å²) in [5, 5.41) is 15.1. The van der Waals surface area contributed by atoms with Gasteiger partial charge in [-0.05, 0) is 30.3 Å². The molecule has 208 valence electrons. The number of hydrogen-bond donors (Lipinski definition) is 4. The first-order valence-electron chi connectivity index (χ1n) is 10.8. The highest BCUT2D eigenvalue weighted by Crippen LogP contribution is 2.34. The second-order valence-corrected chi connectivity index (χ2v) is 11.0. The first kappa shape index (κ1) is 28.3. The summed E-state index contributed by atoms with van der Waals surface area (Å²) in [7, 11) is -8.40. The molecule has 0 bridgehead atoms. The molecular weight excluding hydrogens is 575 g/mol. The lowest BCUT2D eigenvalue weighted by Crippen LogP contribution is -2.17. The van der Waals surface area contributed by atoms with E-state index in [1.807, 2.05) is 0 Å². The molecule has 1 aromatic heterocycles. The predicted octanol–water partition coefficient (Wildman–Crippen LogP) is 3.22. The van der Waals surface area contributed by atoms with Crippen molar-refractivity contribution in [1.82, 2.24) is 4.57 Å². The molecule has 0 fully saturated rings. The summed E-state index contributed by atoms with van der Waals surface area (Å²) in [6.07, 6.45) is 1.30. The fraction of sp³-hybridized carbons (Fsp3) is 0.0435. The van der Waals surface area contributed by atoms with Crippen LogP contribution in [0.4, 0.5) is 21.5 Å². The first-order valence-corrected chi connectivity index (χ1v) is 13.7. The largest absolute Gasteiger partial charge is 0.344 e. The number of amides is 2. The van der Waals surface area contributed by atoms with Gasteiger partial charge in [0.1, 0.15) is 15.5 Å². The smallest absolute Gasteiger partial charge is 0.305 e. The normalized spacial score (nSPS) is 11.8. The van der Waals surface area contributed by atoms with Crippen LogP contribution in [0, 0.1) is 15.9 Å². The van der Waals surface area contributed by atoms with Gasteiger partial charge in [0, 0.05) is 35.6 Å². The summed E-state index contributed by atoms with van der Waals surface area (Å²) < 4.78 is 82.1. The zero-order chi connectivity index (χ0) is 29.6. The number of nitrogens with one attached hydrogen (secondary N) is 2. The molecule has 4 aromatic rings. The molecule has 0 aliphatic carbocycles. The highest BCUT2D eigenvalue weighted by molar-refractivity contribution is 7.86. The number of carbonyl (C=O) groups excluding carboxylic acids is 2. The molecule has 4 rings (SSSR count). The molecular formula is C23H17FN4O10S2. The van der Waals surface area contributed by atoms with Gasteiger partial charge in [-0.3, -0.25) is 28.8 Å². The quantitative estimate of drug-likeness (QED) is 0.140. The lowest BCUT2D eigenvalue weighted by Gasteiger charge is -2.13. The van der Waals surface area contributed by atoms with Gasteiger partial charge < -0.3 is 15.2 Å². The molecule has 0 aliphatic heterocycles. The Morgan fingerprint density at radius 2 is 1.62 bits per heavy atom. The van der Waals surface area contributed by atoms with E-state index < -0.39 is 64.0 Å². The van der Waals surface area contributed by atoms with E-state index >= 15 is 0 Å². The van der Waals surface area contributed by atoms with Crippen LogP contribution in [0.5, 0.6) is 0 Å². The number of nitro groups is 1. The lowest BCUT2D eigenvalue weighted by molar-refractivity contribution is -0.387. The molecule has 2 amide bonds. The van der Waals surface area contributed by atoms with Crippen LogP contribution in [0.15, 0.2) is 70.6 Å². The number of anilines is 2. The zero-order valence-electron chi connectivity index (χ0n) is 20.0. The average molecular weight is 593 g/mol. The first-order chi connectivity index (χ1) is 18.6. The van der Waals surface area contributed by atoms with Crippen molar-refractivity contribution in [3.05, 3.63) is 88.0 Å². The van der Waals surface area contributed by atoms with Gasteiger partial charge >= 0.3 is 5.69 Å². The van der Waals surface area contributed by atoms with Crippen molar-refractivity contribution in [2.75, 3.05) is 10.6 Å². The summed E-state index contributed by atoms with van der Waals surface area (Å²) >= 11 is 0. The second-order valence-electron chi connectivity index (χ2n) is 8.30. The number of carbonyl (C=O) groups is 2. The number of rotatable bonds is 7.